The predicted molar refractivity (Wildman–Crippen MR) is 60.1 cm³/mol. The van der Waals surface area contributed by atoms with Crippen molar-refractivity contribution in [1.29, 1.82) is 0 Å². The van der Waals surface area contributed by atoms with E-state index in [-0.39, 0.29) is 17.7 Å². The van der Waals surface area contributed by atoms with Crippen molar-refractivity contribution in [3.63, 3.8) is 0 Å². The molecule has 1 aliphatic heterocycles. The lowest BCUT2D eigenvalue weighted by molar-refractivity contribution is -0.0228. The zero-order chi connectivity index (χ0) is 12.3. The molecule has 2 heterocycles. The van der Waals surface area contributed by atoms with Crippen molar-refractivity contribution < 1.29 is 13.9 Å². The number of hydrogen-bond donors (Lipinski definition) is 0. The molecule has 5 heteroatoms. The summed E-state index contributed by atoms with van der Waals surface area (Å²) in [5, 5.41) is 0. The molecule has 0 bridgehead atoms. The minimum Gasteiger partial charge on any atom is -0.375 e. The van der Waals surface area contributed by atoms with Gasteiger partial charge in [-0.15, -0.1) is 0 Å². The second-order valence-corrected chi connectivity index (χ2v) is 4.00. The summed E-state index contributed by atoms with van der Waals surface area (Å²) in [5.74, 6) is -0.859. The predicted octanol–water partition coefficient (Wildman–Crippen LogP) is 1.47. The van der Waals surface area contributed by atoms with Crippen LogP contribution < -0.4 is 0 Å². The van der Waals surface area contributed by atoms with Gasteiger partial charge < -0.3 is 9.64 Å². The van der Waals surface area contributed by atoms with Gasteiger partial charge in [0, 0.05) is 13.1 Å². The number of carbonyl (C=O) groups excluding carboxylic acids is 1. The number of carbonyl (C=O) groups is 1. The van der Waals surface area contributed by atoms with Crippen molar-refractivity contribution in [3.05, 3.63) is 29.8 Å². The Morgan fingerprint density at radius 1 is 1.65 bits per heavy atom. The maximum atomic E-state index is 12.9. The largest absolute Gasteiger partial charge is 0.375 e. The Kier molecular flexibility index (Phi) is 3.68. The molecule has 0 aliphatic carbocycles. The van der Waals surface area contributed by atoms with Gasteiger partial charge in [0.1, 0.15) is 5.69 Å². The summed E-state index contributed by atoms with van der Waals surface area (Å²) in [5.41, 5.74) is 0.154. The molecule has 1 unspecified atom stereocenters. The topological polar surface area (TPSA) is 42.4 Å². The molecule has 1 aromatic heterocycles. The van der Waals surface area contributed by atoms with E-state index in [4.69, 9.17) is 4.74 Å². The molecule has 1 amide bonds. The van der Waals surface area contributed by atoms with E-state index in [0.29, 0.717) is 19.7 Å². The number of pyridine rings is 1. The van der Waals surface area contributed by atoms with Gasteiger partial charge in [0.15, 0.2) is 0 Å². The lowest BCUT2D eigenvalue weighted by Gasteiger charge is -2.32. The summed E-state index contributed by atoms with van der Waals surface area (Å²) < 4.78 is 18.4. The normalized spacial score (nSPS) is 20.4. The Bertz CT molecular complexity index is 411. The molecular formula is C12H15FN2O2. The summed E-state index contributed by atoms with van der Waals surface area (Å²) >= 11 is 0. The second-order valence-electron chi connectivity index (χ2n) is 4.00. The number of ether oxygens (including phenoxy) is 1. The van der Waals surface area contributed by atoms with Crippen LogP contribution in [0.25, 0.3) is 0 Å². The lowest BCUT2D eigenvalue weighted by Crippen LogP contribution is -2.45. The molecule has 1 aliphatic rings. The van der Waals surface area contributed by atoms with Crippen molar-refractivity contribution in [2.24, 2.45) is 0 Å². The van der Waals surface area contributed by atoms with Gasteiger partial charge in [-0.1, -0.05) is 13.0 Å². The maximum Gasteiger partial charge on any atom is 0.272 e. The van der Waals surface area contributed by atoms with E-state index in [0.717, 1.165) is 6.42 Å². The number of hydrogen-bond acceptors (Lipinski definition) is 3. The first-order chi connectivity index (χ1) is 8.20. The molecular weight excluding hydrogens is 223 g/mol. The smallest absolute Gasteiger partial charge is 0.272 e. The third-order valence-corrected chi connectivity index (χ3v) is 2.82. The molecule has 1 atom stereocenters. The van der Waals surface area contributed by atoms with E-state index < -0.39 is 5.95 Å². The van der Waals surface area contributed by atoms with Crippen molar-refractivity contribution in [2.45, 2.75) is 19.4 Å². The first kappa shape index (κ1) is 12.0. The zero-order valence-corrected chi connectivity index (χ0v) is 9.73. The molecule has 0 aromatic carbocycles. The molecule has 0 N–H and O–H groups in total. The van der Waals surface area contributed by atoms with E-state index in [9.17, 15) is 9.18 Å². The third kappa shape index (κ3) is 2.79. The fourth-order valence-electron chi connectivity index (χ4n) is 1.84. The average Bonchev–Trinajstić information content (AvgIpc) is 2.38. The van der Waals surface area contributed by atoms with Crippen LogP contribution in [0.4, 0.5) is 4.39 Å². The SMILES string of the molecule is CCC1CN(C(=O)c2cccc(F)n2)CCO1. The van der Waals surface area contributed by atoms with Gasteiger partial charge in [0.05, 0.1) is 12.7 Å². The van der Waals surface area contributed by atoms with Gasteiger partial charge in [-0.05, 0) is 18.6 Å². The molecule has 17 heavy (non-hydrogen) atoms. The first-order valence-electron chi connectivity index (χ1n) is 5.74. The Balaban J connectivity index is 2.09. The number of nitrogens with zero attached hydrogens (tertiary/aromatic N) is 2. The standard InChI is InChI=1S/C12H15FN2O2/c1-2-9-8-15(6-7-17-9)12(16)10-4-3-5-11(13)14-10/h3-5,9H,2,6-8H2,1H3. The third-order valence-electron chi connectivity index (χ3n) is 2.82. The van der Waals surface area contributed by atoms with Crippen LogP contribution in [0.5, 0.6) is 0 Å². The maximum absolute atomic E-state index is 12.9. The summed E-state index contributed by atoms with van der Waals surface area (Å²) in [6, 6.07) is 4.25. The van der Waals surface area contributed by atoms with Crippen LogP contribution in [-0.4, -0.2) is 41.6 Å². The number of halogens is 1. The quantitative estimate of drug-likeness (QED) is 0.733. The molecule has 0 radical (unpaired) electrons. The summed E-state index contributed by atoms with van der Waals surface area (Å²) in [4.78, 5) is 17.3. The second kappa shape index (κ2) is 5.23. The van der Waals surface area contributed by atoms with Crippen LogP contribution in [0.15, 0.2) is 18.2 Å². The van der Waals surface area contributed by atoms with E-state index in [1.807, 2.05) is 6.92 Å². The molecule has 92 valence electrons. The minimum atomic E-state index is -0.629. The number of amides is 1. The molecule has 2 rings (SSSR count). The first-order valence-corrected chi connectivity index (χ1v) is 5.74. The summed E-state index contributed by atoms with van der Waals surface area (Å²) in [7, 11) is 0. The van der Waals surface area contributed by atoms with Crippen LogP contribution in [0.3, 0.4) is 0 Å². The van der Waals surface area contributed by atoms with Crippen molar-refractivity contribution in [2.75, 3.05) is 19.7 Å². The fourth-order valence-corrected chi connectivity index (χ4v) is 1.84. The Labute approximate surface area is 99.4 Å². The lowest BCUT2D eigenvalue weighted by atomic mass is 10.2. The highest BCUT2D eigenvalue weighted by Gasteiger charge is 2.24. The molecule has 1 aromatic rings. The Morgan fingerprint density at radius 2 is 2.47 bits per heavy atom. The molecule has 1 fully saturated rings. The van der Waals surface area contributed by atoms with Gasteiger partial charge >= 0.3 is 0 Å². The Morgan fingerprint density at radius 3 is 3.18 bits per heavy atom. The van der Waals surface area contributed by atoms with Gasteiger partial charge in [0.2, 0.25) is 5.95 Å². The Hall–Kier alpha value is -1.49. The van der Waals surface area contributed by atoms with Crippen LogP contribution in [0.1, 0.15) is 23.8 Å². The van der Waals surface area contributed by atoms with Crippen LogP contribution in [0.2, 0.25) is 0 Å². The summed E-state index contributed by atoms with van der Waals surface area (Å²) in [6.45, 7) is 3.62. The molecule has 0 spiro atoms. The fraction of sp³-hybridized carbons (Fsp3) is 0.500. The monoisotopic (exact) mass is 238 g/mol. The molecule has 4 nitrogen and oxygen atoms in total. The number of aromatic nitrogens is 1. The van der Waals surface area contributed by atoms with Crippen molar-refractivity contribution in [1.82, 2.24) is 9.88 Å². The van der Waals surface area contributed by atoms with Gasteiger partial charge in [-0.2, -0.15) is 4.39 Å². The number of rotatable bonds is 2. The van der Waals surface area contributed by atoms with E-state index in [1.165, 1.54) is 18.2 Å². The van der Waals surface area contributed by atoms with Gasteiger partial charge in [-0.3, -0.25) is 4.79 Å². The minimum absolute atomic E-state index is 0.0706. The van der Waals surface area contributed by atoms with E-state index in [1.54, 1.807) is 4.90 Å². The van der Waals surface area contributed by atoms with Crippen LogP contribution >= 0.6 is 0 Å². The van der Waals surface area contributed by atoms with Gasteiger partial charge in [-0.25, -0.2) is 4.98 Å². The zero-order valence-electron chi connectivity index (χ0n) is 9.73. The highest BCUT2D eigenvalue weighted by atomic mass is 19.1. The highest BCUT2D eigenvalue weighted by molar-refractivity contribution is 5.92. The van der Waals surface area contributed by atoms with E-state index >= 15 is 0 Å². The number of morpholine rings is 1. The average molecular weight is 238 g/mol. The van der Waals surface area contributed by atoms with E-state index in [2.05, 4.69) is 4.98 Å². The molecule has 1 saturated heterocycles. The summed E-state index contributed by atoms with van der Waals surface area (Å²) in [6.07, 6.45) is 0.932. The van der Waals surface area contributed by atoms with Crippen molar-refractivity contribution in [3.8, 4) is 0 Å². The van der Waals surface area contributed by atoms with Crippen LogP contribution in [0, 0.1) is 5.95 Å². The van der Waals surface area contributed by atoms with Crippen molar-refractivity contribution >= 4 is 5.91 Å². The molecule has 0 saturated carbocycles. The van der Waals surface area contributed by atoms with Gasteiger partial charge in [0.25, 0.3) is 5.91 Å². The van der Waals surface area contributed by atoms with Crippen LogP contribution in [-0.2, 0) is 4.74 Å². The highest BCUT2D eigenvalue weighted by Crippen LogP contribution is 2.11.